The minimum Gasteiger partial charge on any atom is -0.382 e. The Morgan fingerprint density at radius 3 is 1.08 bits per heavy atom. The van der Waals surface area contributed by atoms with Crippen molar-refractivity contribution in [1.82, 2.24) is 0 Å². The van der Waals surface area contributed by atoms with Gasteiger partial charge < -0.3 is 42.6 Å². The summed E-state index contributed by atoms with van der Waals surface area (Å²) in [6.45, 7) is 8.61. The molecule has 0 aliphatic rings. The molecule has 0 heterocycles. The van der Waals surface area contributed by atoms with Gasteiger partial charge >= 0.3 is 0 Å². The van der Waals surface area contributed by atoms with Crippen molar-refractivity contribution in [2.45, 2.75) is 0 Å². The molecule has 0 amide bonds. The zero-order valence-corrected chi connectivity index (χ0v) is 29.7. The number of fused-ring (bicyclic) bond motifs is 2. The summed E-state index contributed by atoms with van der Waals surface area (Å²) in [5, 5.41) is 4.35. The normalized spacial score (nSPS) is 11.0. The summed E-state index contributed by atoms with van der Waals surface area (Å²) in [7, 11) is 1.65. The molecule has 0 spiro atoms. The highest BCUT2D eigenvalue weighted by Crippen LogP contribution is 2.32. The molecule has 0 fully saturated rings. The van der Waals surface area contributed by atoms with Crippen LogP contribution in [0, 0.1) is 23.7 Å². The molecule has 272 valence electrons. The van der Waals surface area contributed by atoms with Crippen LogP contribution >= 0.6 is 0 Å². The third-order valence-corrected chi connectivity index (χ3v) is 7.46. The second-order valence-corrected chi connectivity index (χ2v) is 11.1. The van der Waals surface area contributed by atoms with Gasteiger partial charge in [-0.05, 0) is 33.7 Å². The molecule has 0 saturated carbocycles. The Labute approximate surface area is 302 Å². The topological polar surface area (TPSA) is 83.1 Å². The van der Waals surface area contributed by atoms with E-state index in [-0.39, 0.29) is 0 Å². The van der Waals surface area contributed by atoms with Gasteiger partial charge in [-0.25, -0.2) is 0 Å². The first-order valence-corrected chi connectivity index (χ1v) is 17.5. The highest BCUT2D eigenvalue weighted by molar-refractivity contribution is 6.09. The Bertz CT molecular complexity index is 1600. The summed E-state index contributed by atoms with van der Waals surface area (Å²) in [5.41, 5.74) is 2.98. The molecule has 4 aromatic carbocycles. The van der Waals surface area contributed by atoms with Gasteiger partial charge in [0.2, 0.25) is 0 Å². The van der Waals surface area contributed by atoms with Crippen molar-refractivity contribution < 1.29 is 42.6 Å². The summed E-state index contributed by atoms with van der Waals surface area (Å²) in [4.78, 5) is 0. The van der Waals surface area contributed by atoms with Gasteiger partial charge in [0.05, 0.1) is 106 Å². The lowest BCUT2D eigenvalue weighted by Crippen LogP contribution is -2.15. The van der Waals surface area contributed by atoms with Crippen molar-refractivity contribution in [2.24, 2.45) is 0 Å². The Morgan fingerprint density at radius 2 is 0.686 bits per heavy atom. The molecule has 0 saturated heterocycles. The van der Waals surface area contributed by atoms with E-state index < -0.39 is 0 Å². The molecule has 0 aliphatic heterocycles. The molecule has 0 radical (unpaired) electrons. The summed E-state index contributed by atoms with van der Waals surface area (Å²) in [6.07, 6.45) is 0. The number of methoxy groups -OCH3 is 1. The van der Waals surface area contributed by atoms with Crippen LogP contribution in [0.25, 0.3) is 21.5 Å². The number of benzene rings is 4. The molecule has 51 heavy (non-hydrogen) atoms. The maximum absolute atomic E-state index is 5.72. The second-order valence-electron chi connectivity index (χ2n) is 11.1. The minimum atomic E-state index is 0.313. The van der Waals surface area contributed by atoms with E-state index in [0.717, 1.165) is 38.2 Å². The van der Waals surface area contributed by atoms with Gasteiger partial charge in [-0.3, -0.25) is 0 Å². The van der Waals surface area contributed by atoms with Crippen LogP contribution < -0.4 is 0 Å². The highest BCUT2D eigenvalue weighted by atomic mass is 16.6. The maximum Gasteiger partial charge on any atom is 0.108 e. The van der Waals surface area contributed by atoms with Gasteiger partial charge in [-0.2, -0.15) is 0 Å². The lowest BCUT2D eigenvalue weighted by molar-refractivity contribution is -0.0238. The molecule has 4 rings (SSSR count). The molecule has 0 bridgehead atoms. The Hall–Kier alpha value is -3.84. The van der Waals surface area contributed by atoms with E-state index in [4.69, 9.17) is 42.6 Å². The first-order chi connectivity index (χ1) is 25.4. The minimum absolute atomic E-state index is 0.313. The summed E-state index contributed by atoms with van der Waals surface area (Å²) < 4.78 is 49.0. The molecule has 0 atom stereocenters. The summed E-state index contributed by atoms with van der Waals surface area (Å²) in [5.74, 6) is 13.4. The second kappa shape index (κ2) is 26.0. The van der Waals surface area contributed by atoms with Crippen LogP contribution in [0.15, 0.2) is 78.9 Å². The van der Waals surface area contributed by atoms with E-state index >= 15 is 0 Å². The van der Waals surface area contributed by atoms with Crippen molar-refractivity contribution in [3.8, 4) is 23.7 Å². The van der Waals surface area contributed by atoms with Crippen LogP contribution in [-0.2, 0) is 42.6 Å². The van der Waals surface area contributed by atoms with Gasteiger partial charge in [-0.15, -0.1) is 0 Å². The van der Waals surface area contributed by atoms with Crippen LogP contribution in [0.3, 0.4) is 0 Å². The molecule has 9 heteroatoms. The molecule has 9 nitrogen and oxygen atoms in total. The Morgan fingerprint density at radius 1 is 0.353 bits per heavy atom. The van der Waals surface area contributed by atoms with Crippen molar-refractivity contribution in [3.63, 3.8) is 0 Å². The zero-order chi connectivity index (χ0) is 35.4. The molecule has 0 aliphatic carbocycles. The van der Waals surface area contributed by atoms with E-state index in [1.807, 2.05) is 54.6 Å². The maximum atomic E-state index is 5.72. The fourth-order valence-corrected chi connectivity index (χ4v) is 4.98. The molecule has 0 unspecified atom stereocenters. The van der Waals surface area contributed by atoms with Gasteiger partial charge in [0.15, 0.2) is 0 Å². The molecular formula is C42H50O9. The van der Waals surface area contributed by atoms with Gasteiger partial charge in [0, 0.05) is 23.8 Å². The van der Waals surface area contributed by atoms with Crippen LogP contribution in [0.5, 0.6) is 0 Å². The number of hydrogen-bond acceptors (Lipinski definition) is 9. The van der Waals surface area contributed by atoms with Crippen molar-refractivity contribution in [3.05, 3.63) is 95.6 Å². The Balaban J connectivity index is 1.01. The molecule has 0 N–H and O–H groups in total. The monoisotopic (exact) mass is 698 g/mol. The zero-order valence-electron chi connectivity index (χ0n) is 29.7. The summed E-state index contributed by atoms with van der Waals surface area (Å²) in [6, 6.07) is 26.7. The lowest BCUT2D eigenvalue weighted by atomic mass is 9.92. The van der Waals surface area contributed by atoms with Crippen molar-refractivity contribution in [1.29, 1.82) is 0 Å². The van der Waals surface area contributed by atoms with E-state index in [9.17, 15) is 0 Å². The predicted molar refractivity (Wildman–Crippen MR) is 199 cm³/mol. The number of hydrogen-bond donors (Lipinski definition) is 0. The van der Waals surface area contributed by atoms with Crippen LogP contribution in [0.2, 0.25) is 0 Å². The van der Waals surface area contributed by atoms with Crippen molar-refractivity contribution >= 4 is 21.5 Å². The lowest BCUT2D eigenvalue weighted by Gasteiger charge is -2.10. The van der Waals surface area contributed by atoms with Crippen LogP contribution in [-0.4, -0.2) is 119 Å². The molecule has 0 aromatic heterocycles. The molecular weight excluding hydrogens is 648 g/mol. The van der Waals surface area contributed by atoms with Crippen molar-refractivity contribution in [2.75, 3.05) is 119 Å². The van der Waals surface area contributed by atoms with E-state index in [2.05, 4.69) is 47.9 Å². The van der Waals surface area contributed by atoms with Gasteiger partial charge in [0.25, 0.3) is 0 Å². The molecule has 4 aromatic rings. The highest BCUT2D eigenvalue weighted by Gasteiger charge is 2.11. The third-order valence-electron chi connectivity index (χ3n) is 7.46. The first kappa shape index (κ1) is 39.9. The SMILES string of the molecule is COCCOCCOCCOCCOCCOCCOCCOCCOCC#Cc1c2ccccc2c(C#Cc2ccccc2)c2ccccc12. The van der Waals surface area contributed by atoms with Gasteiger partial charge in [0.1, 0.15) is 6.61 Å². The predicted octanol–water partition coefficient (Wildman–Crippen LogP) is 5.52. The average Bonchev–Trinajstić information content (AvgIpc) is 3.17. The standard InChI is InChI=1S/C42H50O9/c1-43-20-21-45-24-25-47-28-29-49-32-33-51-35-34-50-31-30-48-27-26-46-23-22-44-19-9-16-41-37-12-5-7-14-39(37)42(40-15-8-6-13-38(40)41)18-17-36-10-3-2-4-11-36/h2-8,10-15H,19-35H2,1H3. The third kappa shape index (κ3) is 15.5. The fourth-order valence-electron chi connectivity index (χ4n) is 4.98. The van der Waals surface area contributed by atoms with E-state index in [1.165, 1.54) is 0 Å². The quantitative estimate of drug-likeness (QED) is 0.0505. The van der Waals surface area contributed by atoms with Crippen LogP contribution in [0.1, 0.15) is 16.7 Å². The van der Waals surface area contributed by atoms with E-state index in [0.29, 0.717) is 112 Å². The Kier molecular flexibility index (Phi) is 20.4. The number of rotatable bonds is 25. The number of ether oxygens (including phenoxy) is 9. The summed E-state index contributed by atoms with van der Waals surface area (Å²) >= 11 is 0. The van der Waals surface area contributed by atoms with Gasteiger partial charge in [-0.1, -0.05) is 90.4 Å². The smallest absolute Gasteiger partial charge is 0.108 e. The van der Waals surface area contributed by atoms with E-state index in [1.54, 1.807) is 7.11 Å². The average molecular weight is 699 g/mol. The first-order valence-electron chi connectivity index (χ1n) is 17.5. The van der Waals surface area contributed by atoms with Crippen LogP contribution in [0.4, 0.5) is 0 Å². The fraction of sp³-hybridized carbons (Fsp3) is 0.429. The largest absolute Gasteiger partial charge is 0.382 e.